The second-order valence-corrected chi connectivity index (χ2v) is 8.88. The summed E-state index contributed by atoms with van der Waals surface area (Å²) in [6, 6.07) is 9.62. The molecule has 5 rings (SSSR count). The van der Waals surface area contributed by atoms with Crippen molar-refractivity contribution in [3.63, 3.8) is 0 Å². The molecule has 0 spiro atoms. The topological polar surface area (TPSA) is 157 Å². The molecule has 10 nitrogen and oxygen atoms in total. The van der Waals surface area contributed by atoms with Crippen molar-refractivity contribution in [1.82, 2.24) is 9.97 Å². The molecule has 0 bridgehead atoms. The van der Waals surface area contributed by atoms with E-state index in [0.717, 1.165) is 37.3 Å². The number of nitrogens with two attached hydrogens (primary N) is 2. The van der Waals surface area contributed by atoms with Gasteiger partial charge in [0.15, 0.2) is 18.2 Å². The molecule has 2 amide bonds. The van der Waals surface area contributed by atoms with Crippen LogP contribution in [-0.2, 0) is 4.79 Å². The average Bonchev–Trinajstić information content (AvgIpc) is 2.86. The largest absolute Gasteiger partial charge is 0.482 e. The fourth-order valence-corrected chi connectivity index (χ4v) is 4.43. The first-order chi connectivity index (χ1) is 17.4. The summed E-state index contributed by atoms with van der Waals surface area (Å²) in [6.45, 7) is -0.0274. The molecule has 1 aliphatic carbocycles. The fourth-order valence-electron chi connectivity index (χ4n) is 4.43. The standard InChI is InChI=1S/C25H26FN7O3/c26-16-11-15(23(28)35)24(33-25(16)32-18-4-2-1-3-17(18)27)30-14-7-8-29-19(10-14)13-5-6-21-20(9-13)31-22(34)12-36-21/h5-11,17-18H,1-4,12,27H2,(H2,28,35)(H,31,34)(H2,29,30,32,33)/t17-,18+/m0/s1. The maximum atomic E-state index is 14.8. The van der Waals surface area contributed by atoms with E-state index in [-0.39, 0.29) is 41.8 Å². The second kappa shape index (κ2) is 9.78. The Labute approximate surface area is 206 Å². The maximum Gasteiger partial charge on any atom is 0.262 e. The Hall–Kier alpha value is -4.25. The molecule has 0 radical (unpaired) electrons. The number of carbonyl (C=O) groups excluding carboxylic acids is 2. The van der Waals surface area contributed by atoms with E-state index in [1.54, 1.807) is 30.5 Å². The van der Waals surface area contributed by atoms with Gasteiger partial charge in [0, 0.05) is 29.5 Å². The molecule has 0 unspecified atom stereocenters. The van der Waals surface area contributed by atoms with Gasteiger partial charge in [-0.05, 0) is 49.2 Å². The molecule has 11 heteroatoms. The van der Waals surface area contributed by atoms with Crippen LogP contribution >= 0.6 is 0 Å². The smallest absolute Gasteiger partial charge is 0.262 e. The van der Waals surface area contributed by atoms with Gasteiger partial charge in [0.1, 0.15) is 11.6 Å². The van der Waals surface area contributed by atoms with Crippen molar-refractivity contribution in [3.8, 4) is 17.0 Å². The van der Waals surface area contributed by atoms with Crippen molar-refractivity contribution in [2.24, 2.45) is 11.5 Å². The quantitative estimate of drug-likeness (QED) is 0.352. The lowest BCUT2D eigenvalue weighted by Gasteiger charge is -2.30. The second-order valence-electron chi connectivity index (χ2n) is 8.88. The van der Waals surface area contributed by atoms with Gasteiger partial charge < -0.3 is 32.2 Å². The highest BCUT2D eigenvalue weighted by Crippen LogP contribution is 2.33. The molecule has 0 saturated heterocycles. The Morgan fingerprint density at radius 2 is 1.97 bits per heavy atom. The average molecular weight is 492 g/mol. The van der Waals surface area contributed by atoms with E-state index >= 15 is 0 Å². The van der Waals surface area contributed by atoms with E-state index in [1.165, 1.54) is 0 Å². The monoisotopic (exact) mass is 491 g/mol. The molecule has 36 heavy (non-hydrogen) atoms. The predicted octanol–water partition coefficient (Wildman–Crippen LogP) is 3.14. The van der Waals surface area contributed by atoms with E-state index in [1.807, 2.05) is 6.07 Å². The summed E-state index contributed by atoms with van der Waals surface area (Å²) in [6.07, 6.45) is 5.27. The van der Waals surface area contributed by atoms with Gasteiger partial charge in [-0.1, -0.05) is 12.8 Å². The molecule has 2 atom stereocenters. The minimum Gasteiger partial charge on any atom is -0.482 e. The number of nitrogens with zero attached hydrogens (tertiary/aromatic N) is 2. The molecule has 1 fully saturated rings. The van der Waals surface area contributed by atoms with Crippen molar-refractivity contribution < 1.29 is 18.7 Å². The highest BCUT2D eigenvalue weighted by Gasteiger charge is 2.24. The lowest BCUT2D eigenvalue weighted by Crippen LogP contribution is -2.43. The Morgan fingerprint density at radius 1 is 1.14 bits per heavy atom. The molecule has 7 N–H and O–H groups in total. The Kier molecular flexibility index (Phi) is 6.38. The van der Waals surface area contributed by atoms with Gasteiger partial charge in [0.2, 0.25) is 0 Å². The van der Waals surface area contributed by atoms with Crippen LogP contribution in [0.2, 0.25) is 0 Å². The number of amides is 2. The van der Waals surface area contributed by atoms with Gasteiger partial charge >= 0.3 is 0 Å². The number of benzene rings is 1. The number of fused-ring (bicyclic) bond motifs is 1. The Morgan fingerprint density at radius 3 is 2.78 bits per heavy atom. The highest BCUT2D eigenvalue weighted by atomic mass is 19.1. The number of hydrogen-bond acceptors (Lipinski definition) is 8. The third kappa shape index (κ3) is 4.91. The van der Waals surface area contributed by atoms with Crippen LogP contribution in [0.15, 0.2) is 42.6 Å². The number of primary amides is 1. The molecule has 186 valence electrons. The number of anilines is 4. The first-order valence-electron chi connectivity index (χ1n) is 11.7. The molecule has 2 aliphatic rings. The molecule has 2 aromatic heterocycles. The summed E-state index contributed by atoms with van der Waals surface area (Å²) in [5.74, 6) is -1.04. The molecule has 1 aromatic carbocycles. The van der Waals surface area contributed by atoms with E-state index < -0.39 is 11.7 Å². The molecule has 1 saturated carbocycles. The van der Waals surface area contributed by atoms with E-state index in [9.17, 15) is 14.0 Å². The van der Waals surface area contributed by atoms with E-state index in [2.05, 4.69) is 25.9 Å². The predicted molar refractivity (Wildman–Crippen MR) is 134 cm³/mol. The number of ether oxygens (including phenoxy) is 1. The summed E-state index contributed by atoms with van der Waals surface area (Å²) in [5, 5.41) is 8.94. The van der Waals surface area contributed by atoms with Crippen molar-refractivity contribution in [3.05, 3.63) is 54.0 Å². The Balaban J connectivity index is 1.43. The van der Waals surface area contributed by atoms with Crippen LogP contribution in [-0.4, -0.2) is 40.5 Å². The van der Waals surface area contributed by atoms with Gasteiger partial charge in [-0.2, -0.15) is 0 Å². The van der Waals surface area contributed by atoms with Crippen LogP contribution in [0.4, 0.5) is 27.4 Å². The van der Waals surface area contributed by atoms with Crippen LogP contribution < -0.4 is 32.2 Å². The number of nitrogens with one attached hydrogen (secondary N) is 3. The third-order valence-corrected chi connectivity index (χ3v) is 6.31. The Bertz CT molecular complexity index is 1330. The summed E-state index contributed by atoms with van der Waals surface area (Å²) in [4.78, 5) is 32.5. The van der Waals surface area contributed by atoms with E-state index in [4.69, 9.17) is 16.2 Å². The molecule has 3 heterocycles. The lowest BCUT2D eigenvalue weighted by molar-refractivity contribution is -0.118. The maximum absolute atomic E-state index is 14.8. The lowest BCUT2D eigenvalue weighted by atomic mass is 9.91. The first-order valence-corrected chi connectivity index (χ1v) is 11.7. The van der Waals surface area contributed by atoms with Crippen LogP contribution in [0, 0.1) is 5.82 Å². The van der Waals surface area contributed by atoms with Gasteiger partial charge in [-0.3, -0.25) is 14.6 Å². The molecule has 1 aliphatic heterocycles. The van der Waals surface area contributed by atoms with Gasteiger partial charge in [-0.25, -0.2) is 9.37 Å². The van der Waals surface area contributed by atoms with Crippen molar-refractivity contribution in [2.45, 2.75) is 37.8 Å². The minimum absolute atomic E-state index is 0.00422. The van der Waals surface area contributed by atoms with Crippen LogP contribution in [0.3, 0.4) is 0 Å². The van der Waals surface area contributed by atoms with Crippen molar-refractivity contribution >= 4 is 34.8 Å². The van der Waals surface area contributed by atoms with Crippen molar-refractivity contribution in [2.75, 3.05) is 22.6 Å². The minimum atomic E-state index is -0.815. The zero-order chi connectivity index (χ0) is 25.2. The zero-order valence-corrected chi connectivity index (χ0v) is 19.4. The summed E-state index contributed by atoms with van der Waals surface area (Å²) < 4.78 is 20.2. The number of halogens is 1. The summed E-state index contributed by atoms with van der Waals surface area (Å²) in [5.41, 5.74) is 14.1. The van der Waals surface area contributed by atoms with Crippen LogP contribution in [0.1, 0.15) is 36.0 Å². The number of rotatable bonds is 6. The van der Waals surface area contributed by atoms with Crippen LogP contribution in [0.25, 0.3) is 11.3 Å². The normalized spacial score (nSPS) is 19.0. The van der Waals surface area contributed by atoms with Gasteiger partial charge in [0.05, 0.1) is 16.9 Å². The fraction of sp³-hybridized carbons (Fsp3) is 0.280. The van der Waals surface area contributed by atoms with Crippen LogP contribution in [0.5, 0.6) is 5.75 Å². The summed E-state index contributed by atoms with van der Waals surface area (Å²) >= 11 is 0. The molecular formula is C25H26FN7O3. The highest BCUT2D eigenvalue weighted by molar-refractivity contribution is 5.99. The SMILES string of the molecule is NC(=O)c1cc(F)c(N[C@@H]2CCCC[C@@H]2N)nc1Nc1ccnc(-c2ccc3c(c2)NC(=O)CO3)c1. The summed E-state index contributed by atoms with van der Waals surface area (Å²) in [7, 11) is 0. The number of aromatic nitrogens is 2. The first kappa shape index (κ1) is 23.5. The number of carbonyl (C=O) groups is 2. The molecular weight excluding hydrogens is 465 g/mol. The van der Waals surface area contributed by atoms with Crippen molar-refractivity contribution in [1.29, 1.82) is 0 Å². The third-order valence-electron chi connectivity index (χ3n) is 6.31. The molecule has 3 aromatic rings. The number of pyridine rings is 2. The van der Waals surface area contributed by atoms with Gasteiger partial charge in [-0.15, -0.1) is 0 Å². The zero-order valence-electron chi connectivity index (χ0n) is 19.4. The van der Waals surface area contributed by atoms with E-state index in [0.29, 0.717) is 22.8 Å². The van der Waals surface area contributed by atoms with Gasteiger partial charge in [0.25, 0.3) is 11.8 Å². The number of hydrogen-bond donors (Lipinski definition) is 5.